The number of nitrogens with zero attached hydrogens (tertiary/aromatic N) is 2. The van der Waals surface area contributed by atoms with E-state index in [1.54, 1.807) is 0 Å². The number of carbonyl (C=O) groups is 1. The summed E-state index contributed by atoms with van der Waals surface area (Å²) < 4.78 is 29.9. The summed E-state index contributed by atoms with van der Waals surface area (Å²) in [6.45, 7) is 6.39. The molecule has 7 heteroatoms. The lowest BCUT2D eigenvalue weighted by Gasteiger charge is -2.21. The van der Waals surface area contributed by atoms with E-state index in [9.17, 15) is 18.7 Å². The monoisotopic (exact) mass is 463 g/mol. The highest BCUT2D eigenvalue weighted by atomic mass is 19.1. The second kappa shape index (κ2) is 7.22. The van der Waals surface area contributed by atoms with Crippen LogP contribution in [0.25, 0.3) is 5.69 Å². The van der Waals surface area contributed by atoms with Crippen LogP contribution in [-0.4, -0.2) is 26.9 Å². The van der Waals surface area contributed by atoms with Crippen molar-refractivity contribution in [3.8, 4) is 5.69 Å². The molecule has 1 amide bonds. The van der Waals surface area contributed by atoms with Gasteiger partial charge in [-0.3, -0.25) is 4.79 Å². The summed E-state index contributed by atoms with van der Waals surface area (Å²) in [6, 6.07) is 10.6. The molecule has 2 N–H and O–H groups in total. The molecule has 176 valence electrons. The first-order valence-corrected chi connectivity index (χ1v) is 11.9. The molecule has 0 unspecified atom stereocenters. The molecule has 0 aliphatic heterocycles. The van der Waals surface area contributed by atoms with Crippen LogP contribution < -0.4 is 5.32 Å². The van der Waals surface area contributed by atoms with Gasteiger partial charge in [0.15, 0.2) is 11.5 Å². The van der Waals surface area contributed by atoms with Crippen molar-refractivity contribution in [2.75, 3.05) is 0 Å². The molecule has 0 radical (unpaired) electrons. The number of benzene rings is 2. The lowest BCUT2D eigenvalue weighted by atomic mass is 9.85. The van der Waals surface area contributed by atoms with Crippen molar-refractivity contribution >= 4 is 5.91 Å². The zero-order valence-corrected chi connectivity index (χ0v) is 19.3. The summed E-state index contributed by atoms with van der Waals surface area (Å²) in [5, 5.41) is 18.3. The van der Waals surface area contributed by atoms with Crippen LogP contribution in [0.2, 0.25) is 0 Å². The third-order valence-corrected chi connectivity index (χ3v) is 8.35. The Kier molecular flexibility index (Phi) is 4.56. The summed E-state index contributed by atoms with van der Waals surface area (Å²) in [7, 11) is 0. The minimum Gasteiger partial charge on any atom is -0.390 e. The first-order chi connectivity index (χ1) is 16.2. The Morgan fingerprint density at radius 2 is 2.00 bits per heavy atom. The third kappa shape index (κ3) is 2.79. The van der Waals surface area contributed by atoms with Gasteiger partial charge in [-0.25, -0.2) is 13.5 Å². The van der Waals surface area contributed by atoms with E-state index in [4.69, 9.17) is 0 Å². The van der Waals surface area contributed by atoms with Crippen molar-refractivity contribution in [1.29, 1.82) is 0 Å². The minimum absolute atomic E-state index is 0.0914. The van der Waals surface area contributed by atoms with Gasteiger partial charge in [0.1, 0.15) is 11.5 Å². The Hall–Kier alpha value is -3.06. The SMILES string of the molecule is CC(C)[C@@]12C[C@@H]1[C@@H](C)c1c2c(C(=O)N[C@H]2c3ccccc3C[C@@H]2O)nn1-c1ccc(F)cc1F. The molecule has 3 aliphatic rings. The average molecular weight is 464 g/mol. The highest BCUT2D eigenvalue weighted by molar-refractivity contribution is 5.95. The normalized spacial score (nSPS) is 28.6. The van der Waals surface area contributed by atoms with Crippen molar-refractivity contribution in [1.82, 2.24) is 15.1 Å². The molecule has 6 rings (SSSR count). The first kappa shape index (κ1) is 21.5. The number of hydrogen-bond acceptors (Lipinski definition) is 3. The second-order valence-electron chi connectivity index (χ2n) is 10.3. The highest BCUT2D eigenvalue weighted by Crippen LogP contribution is 2.71. The van der Waals surface area contributed by atoms with E-state index >= 15 is 0 Å². The van der Waals surface area contributed by atoms with Gasteiger partial charge in [0.05, 0.1) is 17.8 Å². The Labute approximate surface area is 196 Å². The van der Waals surface area contributed by atoms with Crippen LogP contribution in [-0.2, 0) is 11.8 Å². The number of nitrogens with one attached hydrogen (secondary N) is 1. The zero-order chi connectivity index (χ0) is 23.9. The summed E-state index contributed by atoms with van der Waals surface area (Å²) in [6.07, 6.45) is 0.715. The van der Waals surface area contributed by atoms with E-state index < -0.39 is 23.8 Å². The minimum atomic E-state index is -0.724. The number of aliphatic hydroxyl groups excluding tert-OH is 1. The number of amides is 1. The molecule has 3 aliphatic carbocycles. The topological polar surface area (TPSA) is 67.2 Å². The summed E-state index contributed by atoms with van der Waals surface area (Å²) >= 11 is 0. The largest absolute Gasteiger partial charge is 0.390 e. The molecule has 0 spiro atoms. The second-order valence-corrected chi connectivity index (χ2v) is 10.3. The van der Waals surface area contributed by atoms with Crippen molar-refractivity contribution in [2.24, 2.45) is 11.8 Å². The van der Waals surface area contributed by atoms with Gasteiger partial charge >= 0.3 is 0 Å². The fourth-order valence-electron chi connectivity index (χ4n) is 6.62. The van der Waals surface area contributed by atoms with Crippen LogP contribution in [0.4, 0.5) is 8.78 Å². The van der Waals surface area contributed by atoms with Crippen molar-refractivity contribution in [2.45, 2.75) is 57.1 Å². The standard InChI is InChI=1S/C27H27F2N3O2/c1-13(2)27-12-18(27)14(3)25-22(27)24(31-32(25)20-9-8-16(28)11-19(20)29)26(34)30-23-17-7-5-4-6-15(17)10-21(23)33/h4-9,11,13-14,18,21,23,33H,10,12H2,1-3H3,(H,30,34)/t14-,18-,21+,23+,27+/m1/s1. The number of aliphatic hydroxyl groups is 1. The molecule has 2 aromatic carbocycles. The lowest BCUT2D eigenvalue weighted by molar-refractivity contribution is 0.0851. The van der Waals surface area contributed by atoms with Gasteiger partial charge in [-0.15, -0.1) is 0 Å². The molecular formula is C27H27F2N3O2. The van der Waals surface area contributed by atoms with Crippen LogP contribution >= 0.6 is 0 Å². The molecule has 1 fully saturated rings. The van der Waals surface area contributed by atoms with Crippen LogP contribution in [0.15, 0.2) is 42.5 Å². The van der Waals surface area contributed by atoms with Crippen LogP contribution in [0.5, 0.6) is 0 Å². The van der Waals surface area contributed by atoms with E-state index in [1.807, 2.05) is 24.3 Å². The van der Waals surface area contributed by atoms with Crippen molar-refractivity contribution < 1.29 is 18.7 Å². The van der Waals surface area contributed by atoms with Crippen molar-refractivity contribution in [3.63, 3.8) is 0 Å². The fraction of sp³-hybridized carbons (Fsp3) is 0.407. The van der Waals surface area contributed by atoms with Crippen LogP contribution in [0, 0.1) is 23.5 Å². The highest BCUT2D eigenvalue weighted by Gasteiger charge is 2.67. The number of fused-ring (bicyclic) bond motifs is 4. The molecule has 1 saturated carbocycles. The maximum atomic E-state index is 14.8. The van der Waals surface area contributed by atoms with Crippen molar-refractivity contribution in [3.05, 3.63) is 82.2 Å². The molecule has 1 heterocycles. The molecule has 34 heavy (non-hydrogen) atoms. The smallest absolute Gasteiger partial charge is 0.272 e. The van der Waals surface area contributed by atoms with Gasteiger partial charge in [0, 0.05) is 29.4 Å². The maximum absolute atomic E-state index is 14.8. The number of halogens is 2. The summed E-state index contributed by atoms with van der Waals surface area (Å²) in [5.74, 6) is -1.03. The van der Waals surface area contributed by atoms with Gasteiger partial charge in [0.2, 0.25) is 0 Å². The molecule has 1 aromatic heterocycles. The Morgan fingerprint density at radius 1 is 1.24 bits per heavy atom. The molecule has 3 aromatic rings. The van der Waals surface area contributed by atoms with Crippen LogP contribution in [0.1, 0.15) is 72.0 Å². The van der Waals surface area contributed by atoms with Gasteiger partial charge in [-0.05, 0) is 41.5 Å². The molecule has 5 nitrogen and oxygen atoms in total. The number of carbonyl (C=O) groups excluding carboxylic acids is 1. The summed E-state index contributed by atoms with van der Waals surface area (Å²) in [5.41, 5.74) is 3.85. The third-order valence-electron chi connectivity index (χ3n) is 8.35. The first-order valence-electron chi connectivity index (χ1n) is 11.9. The molecule has 0 saturated heterocycles. The Morgan fingerprint density at radius 3 is 2.74 bits per heavy atom. The quantitative estimate of drug-likeness (QED) is 0.596. The summed E-state index contributed by atoms with van der Waals surface area (Å²) in [4.78, 5) is 13.7. The van der Waals surface area contributed by atoms with E-state index in [2.05, 4.69) is 31.2 Å². The van der Waals surface area contributed by atoms with E-state index in [0.29, 0.717) is 12.3 Å². The van der Waals surface area contributed by atoms with Gasteiger partial charge in [-0.1, -0.05) is 45.0 Å². The zero-order valence-electron chi connectivity index (χ0n) is 19.3. The number of rotatable bonds is 4. The Balaban J connectivity index is 1.47. The van der Waals surface area contributed by atoms with Gasteiger partial charge in [-0.2, -0.15) is 5.10 Å². The number of aromatic nitrogens is 2. The maximum Gasteiger partial charge on any atom is 0.272 e. The molecule has 0 bridgehead atoms. The number of hydrogen-bond donors (Lipinski definition) is 2. The predicted octanol–water partition coefficient (Wildman–Crippen LogP) is 4.57. The Bertz CT molecular complexity index is 1330. The lowest BCUT2D eigenvalue weighted by Crippen LogP contribution is -2.35. The molecular weight excluding hydrogens is 436 g/mol. The predicted molar refractivity (Wildman–Crippen MR) is 123 cm³/mol. The fourth-order valence-corrected chi connectivity index (χ4v) is 6.62. The van der Waals surface area contributed by atoms with Crippen LogP contribution in [0.3, 0.4) is 0 Å². The van der Waals surface area contributed by atoms with Gasteiger partial charge < -0.3 is 10.4 Å². The molecule has 5 atom stereocenters. The van der Waals surface area contributed by atoms with Gasteiger partial charge in [0.25, 0.3) is 5.91 Å². The average Bonchev–Trinajstić information content (AvgIpc) is 3.19. The van der Waals surface area contributed by atoms with E-state index in [1.165, 1.54) is 16.8 Å². The van der Waals surface area contributed by atoms with E-state index in [0.717, 1.165) is 34.9 Å². The van der Waals surface area contributed by atoms with E-state index in [-0.39, 0.29) is 34.5 Å².